The number of anilines is 1. The van der Waals surface area contributed by atoms with E-state index in [2.05, 4.69) is 38.0 Å². The van der Waals surface area contributed by atoms with Crippen molar-refractivity contribution in [1.29, 1.82) is 0 Å². The van der Waals surface area contributed by atoms with Gasteiger partial charge >= 0.3 is 0 Å². The van der Waals surface area contributed by atoms with E-state index in [1.54, 1.807) is 4.68 Å². The van der Waals surface area contributed by atoms with E-state index >= 15 is 0 Å². The van der Waals surface area contributed by atoms with Crippen LogP contribution in [0.2, 0.25) is 0 Å². The zero-order chi connectivity index (χ0) is 15.4. The molecule has 1 aromatic carbocycles. The van der Waals surface area contributed by atoms with Gasteiger partial charge in [0.1, 0.15) is 11.6 Å². The molecule has 2 aromatic rings. The summed E-state index contributed by atoms with van der Waals surface area (Å²) < 4.78 is 7.47. The van der Waals surface area contributed by atoms with Gasteiger partial charge in [-0.05, 0) is 30.0 Å². The summed E-state index contributed by atoms with van der Waals surface area (Å²) in [5.74, 6) is 2.14. The van der Waals surface area contributed by atoms with Gasteiger partial charge in [-0.25, -0.2) is 0 Å². The van der Waals surface area contributed by atoms with Crippen molar-refractivity contribution >= 4 is 5.82 Å². The number of hydrogen-bond acceptors (Lipinski definition) is 3. The Morgan fingerprint density at radius 1 is 1.24 bits per heavy atom. The lowest BCUT2D eigenvalue weighted by molar-refractivity contribution is 0.271. The molecular formula is C17H25N3O. The number of nitrogens with two attached hydrogens (primary N) is 1. The second-order valence-electron chi connectivity index (χ2n) is 5.81. The van der Waals surface area contributed by atoms with E-state index in [0.29, 0.717) is 11.7 Å². The number of benzene rings is 1. The highest BCUT2D eigenvalue weighted by Crippen LogP contribution is 2.31. The Hall–Kier alpha value is -1.97. The van der Waals surface area contributed by atoms with E-state index < -0.39 is 0 Å². The molecule has 0 radical (unpaired) electrons. The van der Waals surface area contributed by atoms with E-state index in [1.165, 1.54) is 0 Å². The van der Waals surface area contributed by atoms with Crippen LogP contribution in [0.4, 0.5) is 5.82 Å². The lowest BCUT2D eigenvalue weighted by atomic mass is 10.0. The molecule has 0 aliphatic carbocycles. The highest BCUT2D eigenvalue weighted by atomic mass is 16.5. The first kappa shape index (κ1) is 15.4. The van der Waals surface area contributed by atoms with Crippen molar-refractivity contribution in [1.82, 2.24) is 9.78 Å². The van der Waals surface area contributed by atoms with Crippen LogP contribution in [0.25, 0.3) is 11.1 Å². The minimum absolute atomic E-state index is 0.523. The van der Waals surface area contributed by atoms with Gasteiger partial charge in [0, 0.05) is 12.6 Å². The Labute approximate surface area is 126 Å². The standard InChI is InChI=1S/C17H25N3O/c1-5-6-15-16(17(18)20(4)19-15)13-7-9-14(10-8-13)21-11-12(2)3/h7-10,12H,5-6,11,18H2,1-4H3. The molecule has 0 atom stereocenters. The molecule has 21 heavy (non-hydrogen) atoms. The van der Waals surface area contributed by atoms with Crippen LogP contribution in [0, 0.1) is 5.92 Å². The third kappa shape index (κ3) is 3.57. The number of aromatic nitrogens is 2. The largest absolute Gasteiger partial charge is 0.493 e. The number of hydrogen-bond donors (Lipinski definition) is 1. The summed E-state index contributed by atoms with van der Waals surface area (Å²) >= 11 is 0. The Morgan fingerprint density at radius 2 is 1.90 bits per heavy atom. The fraction of sp³-hybridized carbons (Fsp3) is 0.471. The van der Waals surface area contributed by atoms with Crippen molar-refractivity contribution in [3.63, 3.8) is 0 Å². The molecule has 2 rings (SSSR count). The molecule has 0 unspecified atom stereocenters. The van der Waals surface area contributed by atoms with Crippen LogP contribution >= 0.6 is 0 Å². The first-order valence-corrected chi connectivity index (χ1v) is 7.57. The molecular weight excluding hydrogens is 262 g/mol. The van der Waals surface area contributed by atoms with E-state index in [0.717, 1.165) is 42.0 Å². The Kier molecular flexibility index (Phi) is 4.89. The summed E-state index contributed by atoms with van der Waals surface area (Å²) in [7, 11) is 1.89. The monoisotopic (exact) mass is 287 g/mol. The van der Waals surface area contributed by atoms with Crippen molar-refractivity contribution in [3.05, 3.63) is 30.0 Å². The summed E-state index contributed by atoms with van der Waals surface area (Å²) in [6.07, 6.45) is 1.99. The van der Waals surface area contributed by atoms with E-state index in [-0.39, 0.29) is 0 Å². The molecule has 0 saturated carbocycles. The molecule has 0 aliphatic heterocycles. The summed E-state index contributed by atoms with van der Waals surface area (Å²) in [6.45, 7) is 7.16. The van der Waals surface area contributed by atoms with Gasteiger partial charge in [-0.15, -0.1) is 0 Å². The molecule has 0 saturated heterocycles. The quantitative estimate of drug-likeness (QED) is 0.882. The highest BCUT2D eigenvalue weighted by molar-refractivity contribution is 5.77. The minimum atomic E-state index is 0.523. The van der Waals surface area contributed by atoms with E-state index in [9.17, 15) is 0 Å². The molecule has 0 fully saturated rings. The van der Waals surface area contributed by atoms with Crippen molar-refractivity contribution in [2.45, 2.75) is 33.6 Å². The maximum Gasteiger partial charge on any atom is 0.129 e. The second-order valence-corrected chi connectivity index (χ2v) is 5.81. The topological polar surface area (TPSA) is 53.1 Å². The van der Waals surface area contributed by atoms with Crippen LogP contribution in [-0.4, -0.2) is 16.4 Å². The molecule has 0 bridgehead atoms. The number of nitrogen functional groups attached to an aromatic ring is 1. The van der Waals surface area contributed by atoms with Crippen LogP contribution in [0.15, 0.2) is 24.3 Å². The smallest absolute Gasteiger partial charge is 0.129 e. The van der Waals surface area contributed by atoms with Gasteiger partial charge in [0.2, 0.25) is 0 Å². The summed E-state index contributed by atoms with van der Waals surface area (Å²) in [5.41, 5.74) is 9.38. The molecule has 2 N–H and O–H groups in total. The minimum Gasteiger partial charge on any atom is -0.493 e. The second kappa shape index (κ2) is 6.66. The van der Waals surface area contributed by atoms with Gasteiger partial charge in [-0.1, -0.05) is 39.3 Å². The molecule has 1 aromatic heterocycles. The molecule has 114 valence electrons. The van der Waals surface area contributed by atoms with Crippen molar-refractivity contribution in [3.8, 4) is 16.9 Å². The van der Waals surface area contributed by atoms with Crippen molar-refractivity contribution < 1.29 is 4.74 Å². The van der Waals surface area contributed by atoms with Crippen molar-refractivity contribution in [2.24, 2.45) is 13.0 Å². The average Bonchev–Trinajstić information content (AvgIpc) is 2.73. The summed E-state index contributed by atoms with van der Waals surface area (Å²) in [6, 6.07) is 8.12. The van der Waals surface area contributed by atoms with E-state index in [4.69, 9.17) is 10.5 Å². The number of ether oxygens (including phenoxy) is 1. The van der Waals surface area contributed by atoms with Crippen LogP contribution in [0.5, 0.6) is 5.75 Å². The van der Waals surface area contributed by atoms with Gasteiger partial charge < -0.3 is 10.5 Å². The lowest BCUT2D eigenvalue weighted by Crippen LogP contribution is -2.04. The predicted octanol–water partition coefficient (Wildman–Crippen LogP) is 3.66. The van der Waals surface area contributed by atoms with Crippen LogP contribution in [0.3, 0.4) is 0 Å². The van der Waals surface area contributed by atoms with Gasteiger partial charge in [-0.3, -0.25) is 4.68 Å². The van der Waals surface area contributed by atoms with Crippen LogP contribution in [-0.2, 0) is 13.5 Å². The zero-order valence-electron chi connectivity index (χ0n) is 13.4. The average molecular weight is 287 g/mol. The van der Waals surface area contributed by atoms with Gasteiger partial charge in [0.25, 0.3) is 0 Å². The SMILES string of the molecule is CCCc1nn(C)c(N)c1-c1ccc(OCC(C)C)cc1. The molecule has 1 heterocycles. The molecule has 0 amide bonds. The molecule has 4 heteroatoms. The maximum atomic E-state index is 6.17. The molecule has 0 aliphatic rings. The number of nitrogens with zero attached hydrogens (tertiary/aromatic N) is 2. The highest BCUT2D eigenvalue weighted by Gasteiger charge is 2.15. The van der Waals surface area contributed by atoms with Gasteiger partial charge in [-0.2, -0.15) is 5.10 Å². The normalized spacial score (nSPS) is 11.1. The number of aryl methyl sites for hydroxylation is 2. The zero-order valence-corrected chi connectivity index (χ0v) is 13.4. The Balaban J connectivity index is 2.26. The third-order valence-corrected chi connectivity index (χ3v) is 3.38. The first-order valence-electron chi connectivity index (χ1n) is 7.57. The Morgan fingerprint density at radius 3 is 2.48 bits per heavy atom. The molecule has 4 nitrogen and oxygen atoms in total. The van der Waals surface area contributed by atoms with Crippen LogP contribution < -0.4 is 10.5 Å². The first-order chi connectivity index (χ1) is 10.0. The maximum absolute atomic E-state index is 6.17. The predicted molar refractivity (Wildman–Crippen MR) is 87.4 cm³/mol. The fourth-order valence-corrected chi connectivity index (χ4v) is 2.30. The van der Waals surface area contributed by atoms with Crippen molar-refractivity contribution in [2.75, 3.05) is 12.3 Å². The summed E-state index contributed by atoms with van der Waals surface area (Å²) in [5, 5.41) is 4.52. The molecule has 0 spiro atoms. The van der Waals surface area contributed by atoms with Gasteiger partial charge in [0.15, 0.2) is 0 Å². The summed E-state index contributed by atoms with van der Waals surface area (Å²) in [4.78, 5) is 0. The Bertz CT molecular complexity index is 585. The number of rotatable bonds is 6. The third-order valence-electron chi connectivity index (χ3n) is 3.38. The fourth-order valence-electron chi connectivity index (χ4n) is 2.30. The lowest BCUT2D eigenvalue weighted by Gasteiger charge is -2.09. The van der Waals surface area contributed by atoms with Gasteiger partial charge in [0.05, 0.1) is 12.3 Å². The van der Waals surface area contributed by atoms with E-state index in [1.807, 2.05) is 19.2 Å². The van der Waals surface area contributed by atoms with Crippen LogP contribution in [0.1, 0.15) is 32.9 Å².